The van der Waals surface area contributed by atoms with Crippen molar-refractivity contribution in [3.8, 4) is 44.5 Å². The Balaban J connectivity index is 1.06. The minimum atomic E-state index is 0.143. The van der Waals surface area contributed by atoms with Crippen LogP contribution in [-0.2, 0) is 0 Å². The molecular weight excluding hydrogens is 808 g/mol. The second-order valence-electron chi connectivity index (χ2n) is 15.8. The van der Waals surface area contributed by atoms with Gasteiger partial charge in [0.1, 0.15) is 0 Å². The van der Waals surface area contributed by atoms with Crippen molar-refractivity contribution in [1.29, 1.82) is 0 Å². The van der Waals surface area contributed by atoms with Crippen molar-refractivity contribution in [3.05, 3.63) is 206 Å². The van der Waals surface area contributed by atoms with Crippen LogP contribution in [0.4, 0.5) is 0 Å². The van der Waals surface area contributed by atoms with Crippen LogP contribution < -0.4 is 0 Å². The first-order valence-electron chi connectivity index (χ1n) is 20.6. The van der Waals surface area contributed by atoms with Crippen LogP contribution >= 0.6 is 11.3 Å². The van der Waals surface area contributed by atoms with Gasteiger partial charge in [0.15, 0.2) is 0 Å². The average Bonchev–Trinajstić information content (AvgIpc) is 3.89. The van der Waals surface area contributed by atoms with Gasteiger partial charge in [0.25, 0.3) is 0 Å². The molecule has 0 saturated heterocycles. The molecule has 0 atom stereocenters. The van der Waals surface area contributed by atoms with E-state index in [9.17, 15) is 0 Å². The van der Waals surface area contributed by atoms with E-state index in [-0.39, 0.29) is 14.5 Å². The number of fused-ring (bicyclic) bond motifs is 10. The van der Waals surface area contributed by atoms with Crippen molar-refractivity contribution in [2.45, 2.75) is 0 Å². The molecule has 0 saturated carbocycles. The van der Waals surface area contributed by atoms with Gasteiger partial charge in [-0.3, -0.25) is 0 Å². The Labute approximate surface area is 357 Å². The average molecular weight is 842 g/mol. The molecule has 11 aromatic carbocycles. The summed E-state index contributed by atoms with van der Waals surface area (Å²) in [5.41, 5.74) is 10.5. The molecule has 0 fully saturated rings. The van der Waals surface area contributed by atoms with Crippen LogP contribution in [0.2, 0.25) is 0 Å². The van der Waals surface area contributed by atoms with Crippen molar-refractivity contribution in [1.82, 2.24) is 0 Å². The molecule has 2 aromatic heterocycles. The Hall–Kier alpha value is -6.80. The van der Waals surface area contributed by atoms with E-state index in [1.807, 2.05) is 11.3 Å². The summed E-state index contributed by atoms with van der Waals surface area (Å²) in [7, 11) is 0. The summed E-state index contributed by atoms with van der Waals surface area (Å²) in [6, 6.07) is 77.2. The van der Waals surface area contributed by atoms with E-state index in [4.69, 9.17) is 0 Å². The van der Waals surface area contributed by atoms with E-state index in [0.29, 0.717) is 0 Å². The molecule has 0 nitrogen and oxygen atoms in total. The SMILES string of the molecule is c1ccc(-c2c3ccccc3c(-c3ccc4[se]c5c(-c6c7ccccc7c(-c7cccc8c7sc7ccccc78)c7ccccc67)cccc5c4c3)c3ccccc23)cc1. The standard InChI is InChI=1S/C58H34SSe/c1-2-16-35(17-3-1)53-38-19-4-6-21-40(38)54(41-22-7-5-20-39(41)53)36-32-33-52-50(34-36)47-28-15-30-49(58(47)60-52)56-44-25-10-8-23-42(44)55(43-24-9-11-26-45(43)56)48-29-14-27-46-37-18-12-13-31-51(37)59-57(46)48/h1-34H. The van der Waals surface area contributed by atoms with Crippen molar-refractivity contribution < 1.29 is 0 Å². The van der Waals surface area contributed by atoms with Gasteiger partial charge in [-0.25, -0.2) is 0 Å². The molecule has 60 heavy (non-hydrogen) atoms. The second-order valence-corrected chi connectivity index (χ2v) is 19.1. The summed E-state index contributed by atoms with van der Waals surface area (Å²) in [4.78, 5) is 0. The molecule has 0 unspecified atom stereocenters. The van der Waals surface area contributed by atoms with E-state index in [1.165, 1.54) is 127 Å². The van der Waals surface area contributed by atoms with E-state index >= 15 is 0 Å². The number of rotatable bonds is 4. The molecule has 0 aliphatic heterocycles. The minimum absolute atomic E-state index is 0.143. The molecule has 13 rings (SSSR count). The predicted octanol–water partition coefficient (Wildman–Crippen LogP) is 16.7. The van der Waals surface area contributed by atoms with Crippen LogP contribution in [0, 0.1) is 0 Å². The summed E-state index contributed by atoms with van der Waals surface area (Å²) in [6.07, 6.45) is 0. The van der Waals surface area contributed by atoms with Gasteiger partial charge in [0, 0.05) is 0 Å². The van der Waals surface area contributed by atoms with E-state index in [2.05, 4.69) is 206 Å². The zero-order chi connectivity index (χ0) is 39.3. The number of thiophene rings is 1. The predicted molar refractivity (Wildman–Crippen MR) is 263 cm³/mol. The fourth-order valence-corrected chi connectivity index (χ4v) is 13.9. The fraction of sp³-hybridized carbons (Fsp3) is 0. The summed E-state index contributed by atoms with van der Waals surface area (Å²) >= 11 is 2.06. The van der Waals surface area contributed by atoms with Gasteiger partial charge in [0.2, 0.25) is 0 Å². The molecule has 0 aliphatic carbocycles. The Bertz CT molecular complexity index is 3770. The number of benzene rings is 11. The van der Waals surface area contributed by atoms with E-state index in [0.717, 1.165) is 0 Å². The van der Waals surface area contributed by atoms with Gasteiger partial charge in [0.05, 0.1) is 0 Å². The van der Waals surface area contributed by atoms with Crippen LogP contribution in [0.5, 0.6) is 0 Å². The van der Waals surface area contributed by atoms with Crippen LogP contribution in [0.1, 0.15) is 0 Å². The summed E-state index contributed by atoms with van der Waals surface area (Å²) in [5, 5.41) is 15.8. The molecule has 0 spiro atoms. The van der Waals surface area contributed by atoms with Gasteiger partial charge < -0.3 is 0 Å². The molecule has 13 aromatic rings. The van der Waals surface area contributed by atoms with Crippen molar-refractivity contribution in [3.63, 3.8) is 0 Å². The normalized spacial score (nSPS) is 12.0. The van der Waals surface area contributed by atoms with Crippen molar-refractivity contribution >= 4 is 108 Å². The second kappa shape index (κ2) is 13.4. The zero-order valence-corrected chi connectivity index (χ0v) is 35.0. The third kappa shape index (κ3) is 4.97. The van der Waals surface area contributed by atoms with E-state index < -0.39 is 0 Å². The maximum atomic E-state index is 2.49. The molecule has 0 bridgehead atoms. The molecule has 0 amide bonds. The van der Waals surface area contributed by atoms with Crippen LogP contribution in [-0.4, -0.2) is 14.5 Å². The fourth-order valence-electron chi connectivity index (χ4n) is 10.2. The molecular formula is C58H34SSe. The third-order valence-corrected chi connectivity index (χ3v) is 16.4. The van der Waals surface area contributed by atoms with Crippen molar-refractivity contribution in [2.75, 3.05) is 0 Å². The maximum absolute atomic E-state index is 2.49. The molecule has 278 valence electrons. The monoisotopic (exact) mass is 842 g/mol. The van der Waals surface area contributed by atoms with Crippen LogP contribution in [0.3, 0.4) is 0 Å². The third-order valence-electron chi connectivity index (χ3n) is 12.7. The Kier molecular flexibility index (Phi) is 7.59. The quantitative estimate of drug-likeness (QED) is 0.122. The first-order chi connectivity index (χ1) is 29.8. The Morgan fingerprint density at radius 2 is 0.733 bits per heavy atom. The van der Waals surface area contributed by atoms with Crippen LogP contribution in [0.25, 0.3) is 127 Å². The Morgan fingerprint density at radius 3 is 1.33 bits per heavy atom. The van der Waals surface area contributed by atoms with E-state index in [1.54, 1.807) is 0 Å². The van der Waals surface area contributed by atoms with Gasteiger partial charge in [-0.15, -0.1) is 0 Å². The Morgan fingerprint density at radius 1 is 0.283 bits per heavy atom. The van der Waals surface area contributed by atoms with Crippen LogP contribution in [0.15, 0.2) is 206 Å². The molecule has 0 radical (unpaired) electrons. The number of hydrogen-bond donors (Lipinski definition) is 0. The molecule has 2 heterocycles. The first kappa shape index (κ1) is 34.1. The summed E-state index contributed by atoms with van der Waals surface area (Å²) in [6.45, 7) is 0. The molecule has 2 heteroatoms. The topological polar surface area (TPSA) is 0 Å². The zero-order valence-electron chi connectivity index (χ0n) is 32.4. The summed E-state index contributed by atoms with van der Waals surface area (Å²) < 4.78 is 5.61. The van der Waals surface area contributed by atoms with Crippen molar-refractivity contribution in [2.24, 2.45) is 0 Å². The summed E-state index contributed by atoms with van der Waals surface area (Å²) in [5.74, 6) is 0. The van der Waals surface area contributed by atoms with Gasteiger partial charge in [-0.05, 0) is 0 Å². The first-order valence-corrected chi connectivity index (χ1v) is 23.1. The van der Waals surface area contributed by atoms with Gasteiger partial charge in [-0.1, -0.05) is 0 Å². The molecule has 0 aliphatic rings. The molecule has 0 N–H and O–H groups in total. The number of hydrogen-bond acceptors (Lipinski definition) is 1. The van der Waals surface area contributed by atoms with Gasteiger partial charge >= 0.3 is 359 Å². The van der Waals surface area contributed by atoms with Gasteiger partial charge in [-0.2, -0.15) is 0 Å².